The summed E-state index contributed by atoms with van der Waals surface area (Å²) in [6.45, 7) is 0. The molecule has 0 radical (unpaired) electrons. The van der Waals surface area contributed by atoms with Crippen LogP contribution < -0.4 is 15.4 Å². The first-order valence-electron chi connectivity index (χ1n) is 6.00. The third-order valence-electron chi connectivity index (χ3n) is 2.74. The number of anilines is 2. The first-order chi connectivity index (χ1) is 9.76. The Morgan fingerprint density at radius 1 is 1.05 bits per heavy atom. The Balaban J connectivity index is 2.26. The minimum atomic E-state index is -0.320. The third-order valence-corrected chi connectivity index (χ3v) is 2.74. The molecule has 20 heavy (non-hydrogen) atoms. The molecule has 5 heteroatoms. The number of methoxy groups -OCH3 is 1. The van der Waals surface area contributed by atoms with Crippen molar-refractivity contribution in [2.24, 2.45) is 0 Å². The van der Waals surface area contributed by atoms with Gasteiger partial charge in [0.15, 0.2) is 0 Å². The summed E-state index contributed by atoms with van der Waals surface area (Å²) in [7, 11) is 1.53. The van der Waals surface area contributed by atoms with Crippen LogP contribution in [-0.4, -0.2) is 19.4 Å². The molecular weight excluding hydrogens is 256 g/mol. The minimum absolute atomic E-state index is 0.320. The molecule has 2 rings (SSSR count). The molecule has 0 aromatic heterocycles. The van der Waals surface area contributed by atoms with Crippen molar-refractivity contribution in [3.63, 3.8) is 0 Å². The van der Waals surface area contributed by atoms with Gasteiger partial charge in [0.05, 0.1) is 24.0 Å². The Labute approximate surface area is 116 Å². The Hall–Kier alpha value is -2.82. The van der Waals surface area contributed by atoms with E-state index in [0.717, 1.165) is 0 Å². The summed E-state index contributed by atoms with van der Waals surface area (Å²) >= 11 is 0. The van der Waals surface area contributed by atoms with Gasteiger partial charge in [0, 0.05) is 0 Å². The van der Waals surface area contributed by atoms with E-state index in [9.17, 15) is 9.59 Å². The van der Waals surface area contributed by atoms with Gasteiger partial charge in [0.2, 0.25) is 6.41 Å². The molecular formula is C15H14N2O3. The molecule has 0 saturated heterocycles. The number of rotatable bonds is 5. The van der Waals surface area contributed by atoms with Crippen LogP contribution in [0, 0.1) is 0 Å². The number of amides is 2. The van der Waals surface area contributed by atoms with Gasteiger partial charge in [-0.3, -0.25) is 9.59 Å². The van der Waals surface area contributed by atoms with Crippen molar-refractivity contribution in [1.82, 2.24) is 0 Å². The molecule has 2 amide bonds. The number of benzene rings is 2. The van der Waals surface area contributed by atoms with E-state index in [4.69, 9.17) is 4.74 Å². The molecule has 0 fully saturated rings. The fourth-order valence-electron chi connectivity index (χ4n) is 1.81. The van der Waals surface area contributed by atoms with Crippen LogP contribution in [0.2, 0.25) is 0 Å². The number of nitrogens with one attached hydrogen (secondary N) is 2. The van der Waals surface area contributed by atoms with E-state index in [1.165, 1.54) is 7.11 Å². The highest BCUT2D eigenvalue weighted by molar-refractivity contribution is 6.09. The summed E-state index contributed by atoms with van der Waals surface area (Å²) in [6.07, 6.45) is 0.537. The highest BCUT2D eigenvalue weighted by Crippen LogP contribution is 2.24. The van der Waals surface area contributed by atoms with E-state index in [2.05, 4.69) is 10.6 Å². The standard InChI is InChI=1S/C15H14N2O3/c1-20-14-9-5-4-8-13(14)17-15(19)11-6-2-3-7-12(11)16-10-18/h2-10H,1H3,(H,16,18)(H,17,19). The van der Waals surface area contributed by atoms with Gasteiger partial charge in [-0.25, -0.2) is 0 Å². The number of carbonyl (C=O) groups is 2. The molecule has 5 nitrogen and oxygen atoms in total. The van der Waals surface area contributed by atoms with E-state index in [-0.39, 0.29) is 5.91 Å². The van der Waals surface area contributed by atoms with Gasteiger partial charge in [-0.05, 0) is 24.3 Å². The zero-order chi connectivity index (χ0) is 14.4. The summed E-state index contributed by atoms with van der Waals surface area (Å²) in [4.78, 5) is 22.8. The summed E-state index contributed by atoms with van der Waals surface area (Å²) in [5.41, 5.74) is 1.40. The Bertz CT molecular complexity index is 626. The lowest BCUT2D eigenvalue weighted by atomic mass is 10.1. The lowest BCUT2D eigenvalue weighted by molar-refractivity contribution is -0.105. The first-order valence-corrected chi connectivity index (χ1v) is 6.00. The highest BCUT2D eigenvalue weighted by Gasteiger charge is 2.12. The lowest BCUT2D eigenvalue weighted by Gasteiger charge is -2.11. The molecule has 2 aromatic carbocycles. The second-order valence-corrected chi connectivity index (χ2v) is 3.96. The van der Waals surface area contributed by atoms with Crippen molar-refractivity contribution in [1.29, 1.82) is 0 Å². The molecule has 2 aromatic rings. The molecule has 0 unspecified atom stereocenters. The third kappa shape index (κ3) is 2.95. The molecule has 0 saturated carbocycles. The van der Waals surface area contributed by atoms with Crippen LogP contribution in [0.5, 0.6) is 5.75 Å². The molecule has 0 aliphatic heterocycles. The van der Waals surface area contributed by atoms with Crippen LogP contribution in [0.1, 0.15) is 10.4 Å². The van der Waals surface area contributed by atoms with E-state index in [1.807, 2.05) is 6.07 Å². The lowest BCUT2D eigenvalue weighted by Crippen LogP contribution is -2.15. The molecule has 0 heterocycles. The van der Waals surface area contributed by atoms with E-state index in [0.29, 0.717) is 29.1 Å². The fourth-order valence-corrected chi connectivity index (χ4v) is 1.81. The summed E-state index contributed by atoms with van der Waals surface area (Å²) in [5.74, 6) is 0.251. The first kappa shape index (κ1) is 13.6. The van der Waals surface area contributed by atoms with Gasteiger partial charge in [-0.1, -0.05) is 24.3 Å². The monoisotopic (exact) mass is 270 g/mol. The van der Waals surface area contributed by atoms with Crippen molar-refractivity contribution in [2.75, 3.05) is 17.7 Å². The Morgan fingerprint density at radius 3 is 2.40 bits per heavy atom. The smallest absolute Gasteiger partial charge is 0.257 e. The second kappa shape index (κ2) is 6.38. The van der Waals surface area contributed by atoms with Gasteiger partial charge in [-0.2, -0.15) is 0 Å². The van der Waals surface area contributed by atoms with E-state index >= 15 is 0 Å². The maximum absolute atomic E-state index is 12.3. The zero-order valence-corrected chi connectivity index (χ0v) is 10.9. The molecule has 2 N–H and O–H groups in total. The van der Waals surface area contributed by atoms with Crippen molar-refractivity contribution >= 4 is 23.7 Å². The molecule has 0 aliphatic rings. The second-order valence-electron chi connectivity index (χ2n) is 3.96. The predicted molar refractivity (Wildman–Crippen MR) is 77.1 cm³/mol. The van der Waals surface area contributed by atoms with E-state index < -0.39 is 0 Å². The zero-order valence-electron chi connectivity index (χ0n) is 10.9. The van der Waals surface area contributed by atoms with Crippen LogP contribution in [0.3, 0.4) is 0 Å². The van der Waals surface area contributed by atoms with Crippen molar-refractivity contribution in [3.8, 4) is 5.75 Å². The minimum Gasteiger partial charge on any atom is -0.495 e. The Kier molecular flexibility index (Phi) is 4.34. The summed E-state index contributed by atoms with van der Waals surface area (Å²) in [6, 6.07) is 13.9. The highest BCUT2D eigenvalue weighted by atomic mass is 16.5. The number of hydrogen-bond acceptors (Lipinski definition) is 3. The SMILES string of the molecule is COc1ccccc1NC(=O)c1ccccc1NC=O. The largest absolute Gasteiger partial charge is 0.495 e. The van der Waals surface area contributed by atoms with Crippen molar-refractivity contribution in [3.05, 3.63) is 54.1 Å². The van der Waals surface area contributed by atoms with Crippen LogP contribution in [0.15, 0.2) is 48.5 Å². The van der Waals surface area contributed by atoms with Crippen LogP contribution in [0.25, 0.3) is 0 Å². The number of hydrogen-bond donors (Lipinski definition) is 2. The van der Waals surface area contributed by atoms with Crippen LogP contribution in [0.4, 0.5) is 11.4 Å². The quantitative estimate of drug-likeness (QED) is 0.820. The van der Waals surface area contributed by atoms with Crippen molar-refractivity contribution in [2.45, 2.75) is 0 Å². The topological polar surface area (TPSA) is 67.4 Å². The molecule has 102 valence electrons. The maximum atomic E-state index is 12.3. The van der Waals surface area contributed by atoms with Crippen LogP contribution in [-0.2, 0) is 4.79 Å². The van der Waals surface area contributed by atoms with Crippen LogP contribution >= 0.6 is 0 Å². The number of carbonyl (C=O) groups excluding carboxylic acids is 2. The summed E-state index contributed by atoms with van der Waals surface area (Å²) in [5, 5.41) is 5.26. The number of para-hydroxylation sites is 3. The average Bonchev–Trinajstić information content (AvgIpc) is 2.48. The molecule has 0 atom stereocenters. The predicted octanol–water partition coefficient (Wildman–Crippen LogP) is 2.52. The summed E-state index contributed by atoms with van der Waals surface area (Å²) < 4.78 is 5.17. The Morgan fingerprint density at radius 2 is 1.70 bits per heavy atom. The molecule has 0 aliphatic carbocycles. The normalized spacial score (nSPS) is 9.65. The fraction of sp³-hybridized carbons (Fsp3) is 0.0667. The average molecular weight is 270 g/mol. The maximum Gasteiger partial charge on any atom is 0.257 e. The van der Waals surface area contributed by atoms with Gasteiger partial charge in [0.25, 0.3) is 5.91 Å². The molecule has 0 spiro atoms. The number of ether oxygens (including phenoxy) is 1. The van der Waals surface area contributed by atoms with Gasteiger partial charge < -0.3 is 15.4 Å². The van der Waals surface area contributed by atoms with Gasteiger partial charge in [-0.15, -0.1) is 0 Å². The van der Waals surface area contributed by atoms with Gasteiger partial charge >= 0.3 is 0 Å². The van der Waals surface area contributed by atoms with Crippen molar-refractivity contribution < 1.29 is 14.3 Å². The molecule has 0 bridgehead atoms. The van der Waals surface area contributed by atoms with Gasteiger partial charge in [0.1, 0.15) is 5.75 Å². The van der Waals surface area contributed by atoms with E-state index in [1.54, 1.807) is 42.5 Å².